The van der Waals surface area contributed by atoms with Gasteiger partial charge < -0.3 is 11.1 Å². The van der Waals surface area contributed by atoms with Crippen molar-refractivity contribution in [3.8, 4) is 0 Å². The summed E-state index contributed by atoms with van der Waals surface area (Å²) in [6, 6.07) is 0. The van der Waals surface area contributed by atoms with Gasteiger partial charge in [0.2, 0.25) is 0 Å². The largest absolute Gasteiger partial charge is 0.329 e. The van der Waals surface area contributed by atoms with E-state index >= 15 is 0 Å². The van der Waals surface area contributed by atoms with Crippen molar-refractivity contribution in [1.29, 1.82) is 0 Å². The molecule has 0 aromatic heterocycles. The number of nitrogens with two attached hydrogens (primary N) is 1. The van der Waals surface area contributed by atoms with Gasteiger partial charge in [-0.3, -0.25) is 0 Å². The van der Waals surface area contributed by atoms with Crippen LogP contribution < -0.4 is 11.1 Å². The highest BCUT2D eigenvalue weighted by atomic mass is 32.2. The van der Waals surface area contributed by atoms with E-state index in [1.807, 2.05) is 11.8 Å². The Balaban J connectivity index is 2.11. The Kier molecular flexibility index (Phi) is 3.52. The van der Waals surface area contributed by atoms with Crippen LogP contribution in [0.5, 0.6) is 0 Å². The second kappa shape index (κ2) is 4.21. The highest BCUT2D eigenvalue weighted by molar-refractivity contribution is 8.00. The maximum absolute atomic E-state index is 5.51. The molecule has 0 amide bonds. The predicted octanol–water partition coefficient (Wildman–Crippen LogP) is 0.429. The van der Waals surface area contributed by atoms with Gasteiger partial charge in [0, 0.05) is 23.6 Å². The van der Waals surface area contributed by atoms with E-state index in [1.165, 1.54) is 19.5 Å². The summed E-state index contributed by atoms with van der Waals surface area (Å²) >= 11 is 2.02. The van der Waals surface area contributed by atoms with Crippen molar-refractivity contribution >= 4 is 11.8 Å². The molecule has 1 heterocycles. The quantitative estimate of drug-likeness (QED) is 0.629. The van der Waals surface area contributed by atoms with Gasteiger partial charge >= 0.3 is 0 Å². The van der Waals surface area contributed by atoms with E-state index in [0.717, 1.165) is 11.8 Å². The molecule has 10 heavy (non-hydrogen) atoms. The highest BCUT2D eigenvalue weighted by Gasteiger charge is 2.16. The first-order valence-corrected chi connectivity index (χ1v) is 4.83. The Morgan fingerprint density at radius 1 is 1.80 bits per heavy atom. The minimum atomic E-state index is 0.630. The van der Waals surface area contributed by atoms with Crippen LogP contribution in [0.15, 0.2) is 0 Å². The van der Waals surface area contributed by atoms with Crippen molar-refractivity contribution in [3.05, 3.63) is 0 Å². The van der Waals surface area contributed by atoms with Crippen LogP contribution in [0.4, 0.5) is 0 Å². The molecule has 60 valence electrons. The molecule has 0 bridgehead atoms. The summed E-state index contributed by atoms with van der Waals surface area (Å²) in [5.41, 5.74) is 5.51. The first-order valence-electron chi connectivity index (χ1n) is 3.89. The van der Waals surface area contributed by atoms with Crippen LogP contribution in [0.2, 0.25) is 0 Å². The third kappa shape index (κ3) is 2.48. The topological polar surface area (TPSA) is 38.0 Å². The van der Waals surface area contributed by atoms with E-state index in [4.69, 9.17) is 5.73 Å². The summed E-state index contributed by atoms with van der Waals surface area (Å²) in [5.74, 6) is 0. The number of hydrogen-bond donors (Lipinski definition) is 2. The average Bonchev–Trinajstić information content (AvgIpc) is 2.40. The van der Waals surface area contributed by atoms with Gasteiger partial charge in [-0.05, 0) is 13.0 Å². The van der Waals surface area contributed by atoms with Crippen molar-refractivity contribution in [3.63, 3.8) is 0 Å². The van der Waals surface area contributed by atoms with E-state index in [9.17, 15) is 0 Å². The second-order valence-corrected chi connectivity index (χ2v) is 4.54. The third-order valence-corrected chi connectivity index (χ3v) is 3.22. The molecule has 2 nitrogen and oxygen atoms in total. The molecule has 0 aromatic rings. The summed E-state index contributed by atoms with van der Waals surface area (Å²) in [7, 11) is 0. The van der Waals surface area contributed by atoms with E-state index < -0.39 is 0 Å². The van der Waals surface area contributed by atoms with Crippen molar-refractivity contribution in [2.75, 3.05) is 19.6 Å². The molecule has 0 spiro atoms. The molecular weight excluding hydrogens is 144 g/mol. The summed E-state index contributed by atoms with van der Waals surface area (Å²) in [5, 5.41) is 4.79. The van der Waals surface area contributed by atoms with Crippen LogP contribution in [0.25, 0.3) is 0 Å². The lowest BCUT2D eigenvalue weighted by Crippen LogP contribution is -2.18. The fourth-order valence-electron chi connectivity index (χ4n) is 1.13. The number of rotatable bonds is 3. The summed E-state index contributed by atoms with van der Waals surface area (Å²) < 4.78 is 0. The molecule has 0 radical (unpaired) electrons. The molecular formula is C7H16N2S. The molecule has 1 rings (SSSR count). The Morgan fingerprint density at radius 2 is 2.60 bits per heavy atom. The lowest BCUT2D eigenvalue weighted by molar-refractivity contribution is 0.857. The zero-order valence-electron chi connectivity index (χ0n) is 6.47. The molecule has 0 aromatic carbocycles. The summed E-state index contributed by atoms with van der Waals surface area (Å²) in [6.45, 7) is 5.37. The van der Waals surface area contributed by atoms with E-state index in [2.05, 4.69) is 12.2 Å². The number of thioether (sulfide) groups is 1. The maximum Gasteiger partial charge on any atom is 0.0187 e. The molecule has 3 heteroatoms. The second-order valence-electron chi connectivity index (χ2n) is 2.80. The van der Waals surface area contributed by atoms with Crippen LogP contribution in [-0.4, -0.2) is 30.1 Å². The minimum absolute atomic E-state index is 0.630. The average molecular weight is 160 g/mol. The fourth-order valence-corrected chi connectivity index (χ4v) is 2.36. The van der Waals surface area contributed by atoms with Gasteiger partial charge in [0.1, 0.15) is 0 Å². The van der Waals surface area contributed by atoms with Gasteiger partial charge in [-0.1, -0.05) is 6.92 Å². The van der Waals surface area contributed by atoms with E-state index in [0.29, 0.717) is 5.25 Å². The van der Waals surface area contributed by atoms with Crippen molar-refractivity contribution in [2.24, 2.45) is 5.73 Å². The smallest absolute Gasteiger partial charge is 0.0187 e. The fraction of sp³-hybridized carbons (Fsp3) is 1.00. The summed E-state index contributed by atoms with van der Waals surface area (Å²) in [4.78, 5) is 0. The molecule has 1 aliphatic rings. The monoisotopic (exact) mass is 160 g/mol. The Hall–Kier alpha value is 0.270. The standard InChI is InChI=1S/C7H16N2S/c1-6(4-8)10-7-2-3-9-5-7/h6-7,9H,2-5,8H2,1H3. The van der Waals surface area contributed by atoms with Crippen LogP contribution in [0.3, 0.4) is 0 Å². The molecule has 2 unspecified atom stereocenters. The normalized spacial score (nSPS) is 28.8. The first kappa shape index (κ1) is 8.37. The number of hydrogen-bond acceptors (Lipinski definition) is 3. The molecule has 2 atom stereocenters. The molecule has 1 fully saturated rings. The Labute approximate surface area is 66.9 Å². The lowest BCUT2D eigenvalue weighted by atomic mass is 10.4. The van der Waals surface area contributed by atoms with Crippen LogP contribution >= 0.6 is 11.8 Å². The third-order valence-electron chi connectivity index (χ3n) is 1.77. The van der Waals surface area contributed by atoms with Gasteiger partial charge in [-0.25, -0.2) is 0 Å². The zero-order chi connectivity index (χ0) is 7.40. The lowest BCUT2D eigenvalue weighted by Gasteiger charge is -2.12. The van der Waals surface area contributed by atoms with Gasteiger partial charge in [0.05, 0.1) is 0 Å². The van der Waals surface area contributed by atoms with Gasteiger partial charge in [0.25, 0.3) is 0 Å². The number of nitrogens with one attached hydrogen (secondary N) is 1. The van der Waals surface area contributed by atoms with Crippen LogP contribution in [0.1, 0.15) is 13.3 Å². The molecule has 0 aliphatic carbocycles. The SMILES string of the molecule is CC(CN)SC1CCNC1. The molecule has 3 N–H and O–H groups in total. The molecule has 0 saturated carbocycles. The zero-order valence-corrected chi connectivity index (χ0v) is 7.29. The Bertz CT molecular complexity index is 91.6. The van der Waals surface area contributed by atoms with Gasteiger partial charge in [-0.15, -0.1) is 0 Å². The van der Waals surface area contributed by atoms with E-state index in [1.54, 1.807) is 0 Å². The predicted molar refractivity (Wildman–Crippen MR) is 47.4 cm³/mol. The van der Waals surface area contributed by atoms with E-state index in [-0.39, 0.29) is 0 Å². The maximum atomic E-state index is 5.51. The van der Waals surface area contributed by atoms with Crippen molar-refractivity contribution < 1.29 is 0 Å². The van der Waals surface area contributed by atoms with Gasteiger partial charge in [0.15, 0.2) is 0 Å². The molecule has 1 saturated heterocycles. The Morgan fingerprint density at radius 3 is 3.10 bits per heavy atom. The first-order chi connectivity index (χ1) is 4.83. The van der Waals surface area contributed by atoms with Crippen molar-refractivity contribution in [2.45, 2.75) is 23.8 Å². The van der Waals surface area contributed by atoms with Crippen LogP contribution in [0, 0.1) is 0 Å². The molecule has 1 aliphatic heterocycles. The highest BCUT2D eigenvalue weighted by Crippen LogP contribution is 2.21. The summed E-state index contributed by atoms with van der Waals surface area (Å²) in [6.07, 6.45) is 1.31. The van der Waals surface area contributed by atoms with Crippen molar-refractivity contribution in [1.82, 2.24) is 5.32 Å². The van der Waals surface area contributed by atoms with Crippen LogP contribution in [-0.2, 0) is 0 Å². The minimum Gasteiger partial charge on any atom is -0.329 e. The van der Waals surface area contributed by atoms with Gasteiger partial charge in [-0.2, -0.15) is 11.8 Å².